The summed E-state index contributed by atoms with van der Waals surface area (Å²) in [5.74, 6) is 0. The molecular weight excluding hydrogens is 252 g/mol. The van der Waals surface area contributed by atoms with E-state index in [0.29, 0.717) is 0 Å². The molecule has 0 saturated carbocycles. The molecule has 1 aromatic rings. The molecule has 1 fully saturated rings. The van der Waals surface area contributed by atoms with Crippen LogP contribution in [-0.2, 0) is 16.0 Å². The van der Waals surface area contributed by atoms with E-state index in [0.717, 1.165) is 6.54 Å². The molecule has 20 heavy (non-hydrogen) atoms. The molecule has 1 aromatic carbocycles. The Morgan fingerprint density at radius 2 is 1.80 bits per heavy atom. The molecule has 4 nitrogen and oxygen atoms in total. The molecule has 1 heterocycles. The van der Waals surface area contributed by atoms with Crippen molar-refractivity contribution in [2.75, 3.05) is 32.6 Å². The van der Waals surface area contributed by atoms with Gasteiger partial charge in [-0.2, -0.15) is 0 Å². The predicted octanol–water partition coefficient (Wildman–Crippen LogP) is 2.70. The molecular formula is C16H26N2O2. The number of nitrogens with zero attached hydrogens (tertiary/aromatic N) is 1. The topological polar surface area (TPSA) is 33.7 Å². The van der Waals surface area contributed by atoms with E-state index in [9.17, 15) is 0 Å². The standard InChI is InChI=1S/C16H26N2O2/c1-13(16(19-2)20-3)17-15-9-5-4-8-14(15)12-18-10-6-7-11-18/h4-5,8-9,13,16-17H,6-7,10-12H2,1-3H3. The molecule has 0 aliphatic carbocycles. The second-order valence-electron chi connectivity index (χ2n) is 5.41. The van der Waals surface area contributed by atoms with Crippen LogP contribution >= 0.6 is 0 Å². The Morgan fingerprint density at radius 1 is 1.15 bits per heavy atom. The van der Waals surface area contributed by atoms with Crippen LogP contribution in [0, 0.1) is 0 Å². The van der Waals surface area contributed by atoms with Gasteiger partial charge in [0.05, 0.1) is 6.04 Å². The molecule has 1 unspecified atom stereocenters. The second-order valence-corrected chi connectivity index (χ2v) is 5.41. The average molecular weight is 278 g/mol. The zero-order chi connectivity index (χ0) is 14.4. The summed E-state index contributed by atoms with van der Waals surface area (Å²) in [5, 5.41) is 3.51. The van der Waals surface area contributed by atoms with Crippen molar-refractivity contribution in [2.24, 2.45) is 0 Å². The number of likely N-dealkylation sites (tertiary alicyclic amines) is 1. The minimum Gasteiger partial charge on any atom is -0.377 e. The van der Waals surface area contributed by atoms with Crippen molar-refractivity contribution in [3.63, 3.8) is 0 Å². The highest BCUT2D eigenvalue weighted by atomic mass is 16.7. The first kappa shape index (κ1) is 15.3. The summed E-state index contributed by atoms with van der Waals surface area (Å²) in [5.41, 5.74) is 2.51. The van der Waals surface area contributed by atoms with Gasteiger partial charge in [-0.05, 0) is 44.5 Å². The van der Waals surface area contributed by atoms with Gasteiger partial charge in [-0.3, -0.25) is 4.90 Å². The first-order valence-electron chi connectivity index (χ1n) is 7.37. The third-order valence-corrected chi connectivity index (χ3v) is 3.87. The van der Waals surface area contributed by atoms with Crippen LogP contribution in [0.4, 0.5) is 5.69 Å². The molecule has 2 rings (SSSR count). The van der Waals surface area contributed by atoms with Gasteiger partial charge in [-0.25, -0.2) is 0 Å². The summed E-state index contributed by atoms with van der Waals surface area (Å²) in [4.78, 5) is 2.51. The van der Waals surface area contributed by atoms with Gasteiger partial charge in [-0.15, -0.1) is 0 Å². The van der Waals surface area contributed by atoms with Gasteiger partial charge in [0, 0.05) is 26.5 Å². The van der Waals surface area contributed by atoms with E-state index in [4.69, 9.17) is 9.47 Å². The smallest absolute Gasteiger partial charge is 0.176 e. The van der Waals surface area contributed by atoms with Crippen molar-refractivity contribution >= 4 is 5.69 Å². The van der Waals surface area contributed by atoms with Gasteiger partial charge in [-0.1, -0.05) is 18.2 Å². The Balaban J connectivity index is 2.03. The fourth-order valence-electron chi connectivity index (χ4n) is 2.80. The number of methoxy groups -OCH3 is 2. The van der Waals surface area contributed by atoms with Crippen LogP contribution in [0.5, 0.6) is 0 Å². The Kier molecular flexibility index (Phi) is 5.83. The minimum atomic E-state index is -0.241. The zero-order valence-electron chi connectivity index (χ0n) is 12.8. The van der Waals surface area contributed by atoms with E-state index in [1.54, 1.807) is 14.2 Å². The minimum absolute atomic E-state index is 0.102. The summed E-state index contributed by atoms with van der Waals surface area (Å²) in [6.45, 7) is 5.51. The molecule has 1 aliphatic heterocycles. The van der Waals surface area contributed by atoms with Crippen LogP contribution in [-0.4, -0.2) is 44.5 Å². The van der Waals surface area contributed by atoms with Crippen LogP contribution in [0.1, 0.15) is 25.3 Å². The summed E-state index contributed by atoms with van der Waals surface area (Å²) in [6, 6.07) is 8.60. The lowest BCUT2D eigenvalue weighted by molar-refractivity contribution is -0.109. The van der Waals surface area contributed by atoms with Crippen LogP contribution in [0.15, 0.2) is 24.3 Å². The highest BCUT2D eigenvalue weighted by molar-refractivity contribution is 5.51. The van der Waals surface area contributed by atoms with Crippen molar-refractivity contribution < 1.29 is 9.47 Å². The number of benzene rings is 1. The molecule has 1 atom stereocenters. The Morgan fingerprint density at radius 3 is 2.45 bits per heavy atom. The van der Waals surface area contributed by atoms with E-state index >= 15 is 0 Å². The van der Waals surface area contributed by atoms with E-state index in [1.165, 1.54) is 37.2 Å². The Bertz CT molecular complexity index is 401. The van der Waals surface area contributed by atoms with Gasteiger partial charge in [0.25, 0.3) is 0 Å². The van der Waals surface area contributed by atoms with Gasteiger partial charge in [0.1, 0.15) is 0 Å². The summed E-state index contributed by atoms with van der Waals surface area (Å²) >= 11 is 0. The maximum absolute atomic E-state index is 5.31. The first-order chi connectivity index (χ1) is 9.74. The molecule has 0 aromatic heterocycles. The molecule has 0 radical (unpaired) electrons. The molecule has 0 amide bonds. The molecule has 1 saturated heterocycles. The number of nitrogens with one attached hydrogen (secondary N) is 1. The summed E-state index contributed by atoms with van der Waals surface area (Å²) < 4.78 is 10.6. The molecule has 1 N–H and O–H groups in total. The van der Waals surface area contributed by atoms with Gasteiger partial charge < -0.3 is 14.8 Å². The van der Waals surface area contributed by atoms with E-state index in [1.807, 2.05) is 0 Å². The summed E-state index contributed by atoms with van der Waals surface area (Å²) in [6.07, 6.45) is 2.40. The number of para-hydroxylation sites is 1. The van der Waals surface area contributed by atoms with Crippen LogP contribution in [0.3, 0.4) is 0 Å². The summed E-state index contributed by atoms with van der Waals surface area (Å²) in [7, 11) is 3.34. The fourth-order valence-corrected chi connectivity index (χ4v) is 2.80. The third kappa shape index (κ3) is 3.95. The monoisotopic (exact) mass is 278 g/mol. The number of ether oxygens (including phenoxy) is 2. The highest BCUT2D eigenvalue weighted by Crippen LogP contribution is 2.21. The number of rotatable bonds is 7. The second kappa shape index (κ2) is 7.62. The molecule has 0 bridgehead atoms. The first-order valence-corrected chi connectivity index (χ1v) is 7.37. The average Bonchev–Trinajstić information content (AvgIpc) is 2.95. The van der Waals surface area contributed by atoms with E-state index in [2.05, 4.69) is 41.4 Å². The van der Waals surface area contributed by atoms with Crippen molar-refractivity contribution in [1.29, 1.82) is 0 Å². The van der Waals surface area contributed by atoms with Crippen molar-refractivity contribution in [3.05, 3.63) is 29.8 Å². The molecule has 4 heteroatoms. The third-order valence-electron chi connectivity index (χ3n) is 3.87. The maximum Gasteiger partial charge on any atom is 0.176 e. The van der Waals surface area contributed by atoms with Crippen molar-refractivity contribution in [2.45, 2.75) is 38.6 Å². The molecule has 1 aliphatic rings. The van der Waals surface area contributed by atoms with Crippen LogP contribution in [0.2, 0.25) is 0 Å². The SMILES string of the molecule is COC(OC)C(C)Nc1ccccc1CN1CCCC1. The van der Waals surface area contributed by atoms with Crippen LogP contribution < -0.4 is 5.32 Å². The normalized spacial score (nSPS) is 17.6. The lowest BCUT2D eigenvalue weighted by Crippen LogP contribution is -2.34. The number of hydrogen-bond acceptors (Lipinski definition) is 4. The van der Waals surface area contributed by atoms with Gasteiger partial charge in [0.2, 0.25) is 0 Å². The van der Waals surface area contributed by atoms with Gasteiger partial charge in [0.15, 0.2) is 6.29 Å². The highest BCUT2D eigenvalue weighted by Gasteiger charge is 2.18. The lowest BCUT2D eigenvalue weighted by Gasteiger charge is -2.25. The Labute approximate surface area is 122 Å². The number of anilines is 1. The van der Waals surface area contributed by atoms with Gasteiger partial charge >= 0.3 is 0 Å². The van der Waals surface area contributed by atoms with Crippen molar-refractivity contribution in [3.8, 4) is 0 Å². The van der Waals surface area contributed by atoms with E-state index < -0.39 is 0 Å². The van der Waals surface area contributed by atoms with E-state index in [-0.39, 0.29) is 12.3 Å². The Hall–Kier alpha value is -1.10. The molecule has 112 valence electrons. The van der Waals surface area contributed by atoms with Crippen molar-refractivity contribution in [1.82, 2.24) is 4.90 Å². The maximum atomic E-state index is 5.31. The largest absolute Gasteiger partial charge is 0.377 e. The lowest BCUT2D eigenvalue weighted by atomic mass is 10.1. The molecule has 0 spiro atoms. The zero-order valence-corrected chi connectivity index (χ0v) is 12.8. The predicted molar refractivity (Wildman–Crippen MR) is 81.8 cm³/mol. The van der Waals surface area contributed by atoms with Crippen LogP contribution in [0.25, 0.3) is 0 Å². The number of hydrogen-bond donors (Lipinski definition) is 1. The fraction of sp³-hybridized carbons (Fsp3) is 0.625. The quantitative estimate of drug-likeness (QED) is 0.778.